The standard InChI is InChI=1S/C20H38O5/c1-2-3-4-5-6-7-8-9-10-11-12-13-14-24-20-17(22)16-25-18(15-21)19(20)23/h8-9,17-23H,2-7,10-16H2,1H3/b9-8+/t17-,18+,19+,20+/m1/s1. The number of allylic oxidation sites excluding steroid dienone is 2. The average Bonchev–Trinajstić information content (AvgIpc) is 2.61. The van der Waals surface area contributed by atoms with Gasteiger partial charge in [0.05, 0.1) is 13.2 Å². The molecule has 0 aliphatic carbocycles. The molecule has 0 saturated carbocycles. The third-order valence-corrected chi connectivity index (χ3v) is 4.72. The van der Waals surface area contributed by atoms with E-state index in [2.05, 4.69) is 19.1 Å². The van der Waals surface area contributed by atoms with Crippen molar-refractivity contribution in [3.63, 3.8) is 0 Å². The summed E-state index contributed by atoms with van der Waals surface area (Å²) in [7, 11) is 0. The summed E-state index contributed by atoms with van der Waals surface area (Å²) >= 11 is 0. The third kappa shape index (κ3) is 9.71. The number of ether oxygens (including phenoxy) is 2. The van der Waals surface area contributed by atoms with Gasteiger partial charge in [-0.15, -0.1) is 0 Å². The molecule has 0 bridgehead atoms. The van der Waals surface area contributed by atoms with Crippen LogP contribution in [-0.4, -0.2) is 59.6 Å². The second kappa shape index (κ2) is 14.7. The molecule has 1 aliphatic heterocycles. The second-order valence-electron chi connectivity index (χ2n) is 6.97. The highest BCUT2D eigenvalue weighted by atomic mass is 16.6. The molecule has 5 nitrogen and oxygen atoms in total. The molecule has 1 fully saturated rings. The molecule has 1 saturated heterocycles. The van der Waals surface area contributed by atoms with Gasteiger partial charge in [0.1, 0.15) is 24.4 Å². The van der Waals surface area contributed by atoms with Crippen molar-refractivity contribution < 1.29 is 24.8 Å². The maximum atomic E-state index is 10.0. The molecule has 0 aromatic rings. The van der Waals surface area contributed by atoms with Crippen molar-refractivity contribution in [2.24, 2.45) is 0 Å². The zero-order chi connectivity index (χ0) is 18.3. The Hall–Kier alpha value is -0.460. The van der Waals surface area contributed by atoms with E-state index in [-0.39, 0.29) is 13.2 Å². The zero-order valence-corrected chi connectivity index (χ0v) is 15.8. The summed E-state index contributed by atoms with van der Waals surface area (Å²) < 4.78 is 10.8. The first-order valence-electron chi connectivity index (χ1n) is 10.1. The maximum Gasteiger partial charge on any atom is 0.114 e. The minimum Gasteiger partial charge on any atom is -0.394 e. The second-order valence-corrected chi connectivity index (χ2v) is 6.97. The Bertz CT molecular complexity index is 334. The Morgan fingerprint density at radius 1 is 0.960 bits per heavy atom. The van der Waals surface area contributed by atoms with Crippen LogP contribution in [0, 0.1) is 0 Å². The van der Waals surface area contributed by atoms with Crippen LogP contribution in [0.4, 0.5) is 0 Å². The van der Waals surface area contributed by atoms with Gasteiger partial charge in [0.25, 0.3) is 0 Å². The van der Waals surface area contributed by atoms with Crippen LogP contribution >= 0.6 is 0 Å². The molecular weight excluding hydrogens is 320 g/mol. The van der Waals surface area contributed by atoms with E-state index in [1.807, 2.05) is 0 Å². The highest BCUT2D eigenvalue weighted by Gasteiger charge is 2.38. The van der Waals surface area contributed by atoms with Crippen LogP contribution in [0.5, 0.6) is 0 Å². The van der Waals surface area contributed by atoms with Crippen LogP contribution in [0.3, 0.4) is 0 Å². The summed E-state index contributed by atoms with van der Waals surface area (Å²) in [5, 5.41) is 29.0. The third-order valence-electron chi connectivity index (χ3n) is 4.72. The van der Waals surface area contributed by atoms with Gasteiger partial charge in [-0.05, 0) is 32.1 Å². The normalized spacial score (nSPS) is 27.2. The molecule has 148 valence electrons. The van der Waals surface area contributed by atoms with Crippen molar-refractivity contribution in [3.8, 4) is 0 Å². The molecule has 0 amide bonds. The molecule has 0 unspecified atom stereocenters. The number of rotatable bonds is 14. The molecule has 5 heteroatoms. The Labute approximate surface area is 153 Å². The van der Waals surface area contributed by atoms with Gasteiger partial charge in [0.2, 0.25) is 0 Å². The SMILES string of the molecule is CCCCCCC/C=C/CCCCCO[C@@H]1[C@@H](O)[C@H](CO)OC[C@H]1O. The highest BCUT2D eigenvalue weighted by Crippen LogP contribution is 2.19. The largest absolute Gasteiger partial charge is 0.394 e. The lowest BCUT2D eigenvalue weighted by molar-refractivity contribution is -0.210. The number of aliphatic hydroxyl groups excluding tert-OH is 3. The van der Waals surface area contributed by atoms with Gasteiger partial charge in [-0.1, -0.05) is 51.2 Å². The average molecular weight is 359 g/mol. The maximum absolute atomic E-state index is 10.0. The highest BCUT2D eigenvalue weighted by molar-refractivity contribution is 4.87. The molecule has 4 atom stereocenters. The fraction of sp³-hybridized carbons (Fsp3) is 0.900. The molecule has 0 spiro atoms. The van der Waals surface area contributed by atoms with Crippen molar-refractivity contribution in [3.05, 3.63) is 12.2 Å². The lowest BCUT2D eigenvalue weighted by atomic mass is 10.0. The van der Waals surface area contributed by atoms with E-state index in [1.54, 1.807) is 0 Å². The van der Waals surface area contributed by atoms with Gasteiger partial charge in [-0.25, -0.2) is 0 Å². The van der Waals surface area contributed by atoms with Gasteiger partial charge in [0.15, 0.2) is 0 Å². The summed E-state index contributed by atoms with van der Waals surface area (Å²) in [6.45, 7) is 2.58. The smallest absolute Gasteiger partial charge is 0.114 e. The van der Waals surface area contributed by atoms with Crippen molar-refractivity contribution >= 4 is 0 Å². The number of hydrogen-bond acceptors (Lipinski definition) is 5. The predicted molar refractivity (Wildman–Crippen MR) is 99.6 cm³/mol. The van der Waals surface area contributed by atoms with Crippen LogP contribution in [0.2, 0.25) is 0 Å². The van der Waals surface area contributed by atoms with Crippen LogP contribution in [0.25, 0.3) is 0 Å². The molecular formula is C20H38O5. The van der Waals surface area contributed by atoms with Gasteiger partial charge >= 0.3 is 0 Å². The van der Waals surface area contributed by atoms with Gasteiger partial charge in [0, 0.05) is 6.61 Å². The van der Waals surface area contributed by atoms with Crippen molar-refractivity contribution in [1.82, 2.24) is 0 Å². The topological polar surface area (TPSA) is 79.2 Å². The van der Waals surface area contributed by atoms with Crippen molar-refractivity contribution in [2.45, 2.75) is 95.5 Å². The first-order chi connectivity index (χ1) is 12.2. The van der Waals surface area contributed by atoms with Crippen LogP contribution in [0.1, 0.15) is 71.1 Å². The quantitative estimate of drug-likeness (QED) is 0.329. The summed E-state index contributed by atoms with van der Waals surface area (Å²) in [5.74, 6) is 0. The number of unbranched alkanes of at least 4 members (excludes halogenated alkanes) is 8. The van der Waals surface area contributed by atoms with Crippen LogP contribution < -0.4 is 0 Å². The summed E-state index contributed by atoms with van der Waals surface area (Å²) in [6, 6.07) is 0. The Kier molecular flexibility index (Phi) is 13.3. The van der Waals surface area contributed by atoms with Gasteiger partial charge in [-0.2, -0.15) is 0 Å². The van der Waals surface area contributed by atoms with Crippen molar-refractivity contribution in [1.29, 1.82) is 0 Å². The lowest BCUT2D eigenvalue weighted by Crippen LogP contribution is -2.55. The molecule has 0 radical (unpaired) electrons. The number of aliphatic hydroxyl groups is 3. The monoisotopic (exact) mass is 358 g/mol. The summed E-state index contributed by atoms with van der Waals surface area (Å²) in [5.41, 5.74) is 0. The van der Waals surface area contributed by atoms with E-state index in [9.17, 15) is 10.2 Å². The molecule has 3 N–H and O–H groups in total. The van der Waals surface area contributed by atoms with E-state index in [0.29, 0.717) is 6.61 Å². The first-order valence-corrected chi connectivity index (χ1v) is 10.1. The minimum absolute atomic E-state index is 0.0934. The van der Waals surface area contributed by atoms with E-state index < -0.39 is 24.4 Å². The van der Waals surface area contributed by atoms with E-state index in [1.165, 1.54) is 38.5 Å². The summed E-state index contributed by atoms with van der Waals surface area (Å²) in [6.07, 6.45) is 13.5. The first kappa shape index (κ1) is 22.6. The molecule has 0 aromatic carbocycles. The van der Waals surface area contributed by atoms with Gasteiger partial charge < -0.3 is 24.8 Å². The molecule has 25 heavy (non-hydrogen) atoms. The Morgan fingerprint density at radius 3 is 2.24 bits per heavy atom. The molecule has 1 rings (SSSR count). The predicted octanol–water partition coefficient (Wildman–Crippen LogP) is 2.96. The van der Waals surface area contributed by atoms with E-state index in [0.717, 1.165) is 25.7 Å². The number of hydrogen-bond donors (Lipinski definition) is 3. The van der Waals surface area contributed by atoms with Crippen LogP contribution in [0.15, 0.2) is 12.2 Å². The zero-order valence-electron chi connectivity index (χ0n) is 15.8. The van der Waals surface area contributed by atoms with E-state index >= 15 is 0 Å². The summed E-state index contributed by atoms with van der Waals surface area (Å²) in [4.78, 5) is 0. The van der Waals surface area contributed by atoms with Crippen molar-refractivity contribution in [2.75, 3.05) is 19.8 Å². The molecule has 1 heterocycles. The minimum atomic E-state index is -0.978. The fourth-order valence-electron chi connectivity index (χ4n) is 3.09. The molecule has 0 aromatic heterocycles. The van der Waals surface area contributed by atoms with Gasteiger partial charge in [-0.3, -0.25) is 0 Å². The van der Waals surface area contributed by atoms with Crippen LogP contribution in [-0.2, 0) is 9.47 Å². The van der Waals surface area contributed by atoms with E-state index in [4.69, 9.17) is 14.6 Å². The lowest BCUT2D eigenvalue weighted by Gasteiger charge is -2.37. The Morgan fingerprint density at radius 2 is 1.60 bits per heavy atom. The fourth-order valence-corrected chi connectivity index (χ4v) is 3.09. The molecule has 1 aliphatic rings. The Balaban J connectivity index is 1.97.